The van der Waals surface area contributed by atoms with Gasteiger partial charge in [0, 0.05) is 21.2 Å². The van der Waals surface area contributed by atoms with Crippen LogP contribution in [-0.4, -0.2) is 39.4 Å². The quantitative estimate of drug-likeness (QED) is 0.654. The Bertz CT molecular complexity index is 1260. The number of carbonyl (C=O) groups excluding carboxylic acids is 3. The van der Waals surface area contributed by atoms with Crippen LogP contribution in [0.15, 0.2) is 34.1 Å². The van der Waals surface area contributed by atoms with Crippen molar-refractivity contribution in [1.29, 1.82) is 0 Å². The van der Waals surface area contributed by atoms with E-state index in [1.807, 2.05) is 25.1 Å². The van der Waals surface area contributed by atoms with Crippen LogP contribution in [-0.2, 0) is 19.8 Å². The molecule has 3 amide bonds. The number of aromatic nitrogens is 1. The number of anilines is 1. The third kappa shape index (κ3) is 2.94. The van der Waals surface area contributed by atoms with Crippen LogP contribution in [0.5, 0.6) is 0 Å². The molecule has 2 bridgehead atoms. The van der Waals surface area contributed by atoms with Gasteiger partial charge in [-0.05, 0) is 48.8 Å². The molecule has 3 heterocycles. The summed E-state index contributed by atoms with van der Waals surface area (Å²) in [6, 6.07) is 7.44. The van der Waals surface area contributed by atoms with E-state index >= 15 is 0 Å². The molecule has 2 aliphatic heterocycles. The van der Waals surface area contributed by atoms with Crippen LogP contribution in [0.2, 0.25) is 0 Å². The summed E-state index contributed by atoms with van der Waals surface area (Å²) in [5, 5.41) is 3.93. The van der Waals surface area contributed by atoms with Gasteiger partial charge in [0.2, 0.25) is 17.7 Å². The standard InChI is InChI=1S/C24H25N3O4S2/c1-10-5-4-6-11(7-10)25-14(28)9-27-21(29)15-12-8-13(16(15)22(27)30)18-17(12)24(2,3)19-20(32-18)26-23(31)33-19/h4-7,12-13,15-18H,8-9H2,1-3H3,(H,25,28)(H,26,31)/t12-,13+,15-,16+,17-,18-/m0/s1. The zero-order valence-electron chi connectivity index (χ0n) is 18.6. The fourth-order valence-corrected chi connectivity index (χ4v) is 10.1. The Hall–Kier alpha value is -2.39. The second-order valence-corrected chi connectivity index (χ2v) is 12.5. The molecule has 6 atom stereocenters. The summed E-state index contributed by atoms with van der Waals surface area (Å²) in [7, 11) is 0. The monoisotopic (exact) mass is 483 g/mol. The molecule has 7 nitrogen and oxygen atoms in total. The van der Waals surface area contributed by atoms with E-state index in [-0.39, 0.29) is 69.4 Å². The van der Waals surface area contributed by atoms with Crippen LogP contribution >= 0.6 is 23.1 Å². The first-order valence-corrected chi connectivity index (χ1v) is 13.0. The molecule has 2 aromatic rings. The van der Waals surface area contributed by atoms with Crippen LogP contribution in [0.25, 0.3) is 0 Å². The zero-order valence-corrected chi connectivity index (χ0v) is 20.2. The molecule has 9 heteroatoms. The van der Waals surface area contributed by atoms with Gasteiger partial charge in [-0.25, -0.2) is 0 Å². The molecule has 6 rings (SSSR count). The van der Waals surface area contributed by atoms with E-state index < -0.39 is 0 Å². The molecule has 172 valence electrons. The summed E-state index contributed by atoms with van der Waals surface area (Å²) in [6.07, 6.45) is 0.862. The molecule has 33 heavy (non-hydrogen) atoms. The number of hydrogen-bond donors (Lipinski definition) is 2. The van der Waals surface area contributed by atoms with Gasteiger partial charge in [-0.2, -0.15) is 0 Å². The molecular weight excluding hydrogens is 458 g/mol. The number of thioether (sulfide) groups is 1. The van der Waals surface area contributed by atoms with Crippen molar-refractivity contribution < 1.29 is 14.4 Å². The van der Waals surface area contributed by atoms with E-state index in [1.165, 1.54) is 16.2 Å². The molecule has 0 unspecified atom stereocenters. The topological polar surface area (TPSA) is 99.3 Å². The second kappa shape index (κ2) is 7.06. The third-order valence-electron chi connectivity index (χ3n) is 8.09. The van der Waals surface area contributed by atoms with Crippen LogP contribution in [0.4, 0.5) is 5.69 Å². The highest BCUT2D eigenvalue weighted by atomic mass is 32.2. The average Bonchev–Trinajstić information content (AvgIpc) is 3.46. The van der Waals surface area contributed by atoms with Crippen molar-refractivity contribution in [3.63, 3.8) is 0 Å². The SMILES string of the molecule is Cc1cccc(NC(=O)CN2C(=O)[C@@H]3[C@H]4C[C@@H]([C@@H]3C2=O)[C@H]2[C@H]4Sc3[nH]c(=O)sc3C2(C)C)c1. The molecule has 0 radical (unpaired) electrons. The molecule has 4 aliphatic rings. The van der Waals surface area contributed by atoms with Gasteiger partial charge in [-0.15, -0.1) is 11.8 Å². The molecule has 2 aliphatic carbocycles. The first kappa shape index (κ1) is 21.2. The first-order chi connectivity index (χ1) is 15.7. The summed E-state index contributed by atoms with van der Waals surface area (Å²) >= 11 is 2.94. The van der Waals surface area contributed by atoms with Gasteiger partial charge in [0.1, 0.15) is 6.54 Å². The van der Waals surface area contributed by atoms with E-state index in [1.54, 1.807) is 17.8 Å². The molecule has 2 N–H and O–H groups in total. The number of carbonyl (C=O) groups is 3. The summed E-state index contributed by atoms with van der Waals surface area (Å²) in [6.45, 7) is 6.02. The minimum Gasteiger partial charge on any atom is -0.325 e. The highest BCUT2D eigenvalue weighted by Crippen LogP contribution is 2.68. The van der Waals surface area contributed by atoms with E-state index in [0.29, 0.717) is 5.69 Å². The number of hydrogen-bond acceptors (Lipinski definition) is 6. The van der Waals surface area contributed by atoms with E-state index in [0.717, 1.165) is 21.9 Å². The van der Waals surface area contributed by atoms with Crippen LogP contribution in [0, 0.1) is 36.5 Å². The predicted molar refractivity (Wildman–Crippen MR) is 126 cm³/mol. The lowest BCUT2D eigenvalue weighted by molar-refractivity contribution is -0.143. The number of amides is 3. The Morgan fingerprint density at radius 3 is 2.64 bits per heavy atom. The number of likely N-dealkylation sites (tertiary alicyclic amines) is 1. The molecule has 2 saturated carbocycles. The second-order valence-electron chi connectivity index (χ2n) is 10.3. The number of imide groups is 1. The summed E-state index contributed by atoms with van der Waals surface area (Å²) in [5.41, 5.74) is 1.44. The van der Waals surface area contributed by atoms with E-state index in [4.69, 9.17) is 0 Å². The number of rotatable bonds is 3. The highest BCUT2D eigenvalue weighted by molar-refractivity contribution is 8.00. The van der Waals surface area contributed by atoms with Gasteiger partial charge < -0.3 is 10.3 Å². The molecule has 1 aromatic carbocycles. The maximum Gasteiger partial charge on any atom is 0.305 e. The Morgan fingerprint density at radius 1 is 1.18 bits per heavy atom. The Kier molecular flexibility index (Phi) is 4.52. The van der Waals surface area contributed by atoms with Gasteiger partial charge in [0.25, 0.3) is 0 Å². The van der Waals surface area contributed by atoms with Crippen LogP contribution < -0.4 is 10.2 Å². The smallest absolute Gasteiger partial charge is 0.305 e. The Balaban J connectivity index is 1.26. The summed E-state index contributed by atoms with van der Waals surface area (Å²) < 4.78 is 0. The zero-order chi connectivity index (χ0) is 23.2. The number of thiazole rings is 1. The van der Waals surface area contributed by atoms with Crippen molar-refractivity contribution in [2.75, 3.05) is 11.9 Å². The van der Waals surface area contributed by atoms with Crippen molar-refractivity contribution in [3.05, 3.63) is 44.4 Å². The number of fused-ring (bicyclic) bond motifs is 9. The van der Waals surface area contributed by atoms with Crippen molar-refractivity contribution in [2.45, 2.75) is 42.9 Å². The van der Waals surface area contributed by atoms with Crippen molar-refractivity contribution in [3.8, 4) is 0 Å². The van der Waals surface area contributed by atoms with E-state index in [9.17, 15) is 19.2 Å². The third-order valence-corrected chi connectivity index (χ3v) is 10.9. The first-order valence-electron chi connectivity index (χ1n) is 11.3. The lowest BCUT2D eigenvalue weighted by Crippen LogP contribution is -2.48. The van der Waals surface area contributed by atoms with Crippen LogP contribution in [0.1, 0.15) is 30.7 Å². The van der Waals surface area contributed by atoms with Gasteiger partial charge in [-0.3, -0.25) is 24.1 Å². The number of H-pyrrole nitrogens is 1. The van der Waals surface area contributed by atoms with Crippen molar-refractivity contribution in [1.82, 2.24) is 9.88 Å². The molecule has 1 aromatic heterocycles. The van der Waals surface area contributed by atoms with Gasteiger partial charge in [-0.1, -0.05) is 37.3 Å². The van der Waals surface area contributed by atoms with Crippen molar-refractivity contribution in [2.24, 2.45) is 29.6 Å². The molecule has 0 spiro atoms. The maximum absolute atomic E-state index is 13.4. The van der Waals surface area contributed by atoms with Crippen LogP contribution in [0.3, 0.4) is 0 Å². The normalized spacial score (nSPS) is 33.1. The number of benzene rings is 1. The number of nitrogens with zero attached hydrogens (tertiary/aromatic N) is 1. The van der Waals surface area contributed by atoms with Crippen molar-refractivity contribution >= 4 is 46.5 Å². The number of nitrogens with one attached hydrogen (secondary N) is 2. The minimum atomic E-state index is -0.360. The lowest BCUT2D eigenvalue weighted by atomic mass is 9.64. The molecule has 3 fully saturated rings. The molecular formula is C24H25N3O4S2. The lowest BCUT2D eigenvalue weighted by Gasteiger charge is -2.47. The maximum atomic E-state index is 13.4. The van der Waals surface area contributed by atoms with E-state index in [2.05, 4.69) is 24.1 Å². The number of aromatic amines is 1. The number of aryl methyl sites for hydroxylation is 1. The van der Waals surface area contributed by atoms with Gasteiger partial charge in [0.05, 0.1) is 16.9 Å². The largest absolute Gasteiger partial charge is 0.325 e. The Labute approximate surface area is 199 Å². The fourth-order valence-electron chi connectivity index (χ4n) is 6.94. The minimum absolute atomic E-state index is 0.0500. The summed E-state index contributed by atoms with van der Waals surface area (Å²) in [4.78, 5) is 56.7. The summed E-state index contributed by atoms with van der Waals surface area (Å²) in [5.74, 6) is -1.07. The predicted octanol–water partition coefficient (Wildman–Crippen LogP) is 3.00. The Morgan fingerprint density at radius 2 is 1.91 bits per heavy atom. The highest BCUT2D eigenvalue weighted by Gasteiger charge is 2.70. The average molecular weight is 484 g/mol. The van der Waals surface area contributed by atoms with Gasteiger partial charge >= 0.3 is 4.87 Å². The molecule has 1 saturated heterocycles. The van der Waals surface area contributed by atoms with Gasteiger partial charge in [0.15, 0.2) is 0 Å². The fraction of sp³-hybridized carbons (Fsp3) is 0.500.